The summed E-state index contributed by atoms with van der Waals surface area (Å²) < 4.78 is 1.48. The molecule has 1 saturated heterocycles. The largest absolute Gasteiger partial charge is 0.339 e. The monoisotopic (exact) mass is 262 g/mol. The number of aryl methyl sites for hydroxylation is 1. The summed E-state index contributed by atoms with van der Waals surface area (Å²) >= 11 is 0. The minimum absolute atomic E-state index is 0.00681. The van der Waals surface area contributed by atoms with E-state index in [1.54, 1.807) is 19.3 Å². The number of hydrogen-bond donors (Lipinski definition) is 0. The van der Waals surface area contributed by atoms with Crippen molar-refractivity contribution in [1.82, 2.24) is 9.47 Å². The Balaban J connectivity index is 2.01. The van der Waals surface area contributed by atoms with Crippen LogP contribution in [0.15, 0.2) is 23.1 Å². The number of rotatable bonds is 3. The normalized spacial score (nSPS) is 16.6. The molecule has 0 bridgehead atoms. The summed E-state index contributed by atoms with van der Waals surface area (Å²) in [5.41, 5.74) is 0.378. The molecule has 1 aliphatic rings. The van der Waals surface area contributed by atoms with Gasteiger partial charge >= 0.3 is 0 Å². The topological polar surface area (TPSA) is 42.3 Å². The zero-order valence-electron chi connectivity index (χ0n) is 11.8. The van der Waals surface area contributed by atoms with Gasteiger partial charge in [0.05, 0.1) is 0 Å². The van der Waals surface area contributed by atoms with Crippen molar-refractivity contribution in [2.45, 2.75) is 32.6 Å². The molecule has 2 rings (SSSR count). The SMILES string of the molecule is CCCC1CCN(C(=O)c2ccn(C)c(=O)c2)CC1. The van der Waals surface area contributed by atoms with E-state index >= 15 is 0 Å². The van der Waals surface area contributed by atoms with Gasteiger partial charge < -0.3 is 9.47 Å². The van der Waals surface area contributed by atoms with Crippen LogP contribution in [0.1, 0.15) is 43.0 Å². The molecule has 0 atom stereocenters. The second-order valence-corrected chi connectivity index (χ2v) is 5.39. The summed E-state index contributed by atoms with van der Waals surface area (Å²) in [6, 6.07) is 3.16. The number of piperidine rings is 1. The second kappa shape index (κ2) is 6.04. The van der Waals surface area contributed by atoms with E-state index in [9.17, 15) is 9.59 Å². The highest BCUT2D eigenvalue weighted by Gasteiger charge is 2.23. The van der Waals surface area contributed by atoms with Crippen molar-refractivity contribution in [2.24, 2.45) is 13.0 Å². The minimum atomic E-state index is -0.133. The molecule has 19 heavy (non-hydrogen) atoms. The first kappa shape index (κ1) is 13.8. The van der Waals surface area contributed by atoms with Gasteiger partial charge in [-0.2, -0.15) is 0 Å². The summed E-state index contributed by atoms with van der Waals surface area (Å²) in [6.07, 6.45) is 6.30. The molecule has 0 saturated carbocycles. The molecule has 0 spiro atoms. The number of likely N-dealkylation sites (tertiary alicyclic amines) is 1. The van der Waals surface area contributed by atoms with Gasteiger partial charge in [0.2, 0.25) is 0 Å². The lowest BCUT2D eigenvalue weighted by atomic mass is 9.92. The van der Waals surface area contributed by atoms with Crippen LogP contribution in [0.3, 0.4) is 0 Å². The van der Waals surface area contributed by atoms with Crippen LogP contribution in [0, 0.1) is 5.92 Å². The van der Waals surface area contributed by atoms with Gasteiger partial charge in [0.1, 0.15) is 0 Å². The molecule has 104 valence electrons. The number of nitrogens with zero attached hydrogens (tertiary/aromatic N) is 2. The Morgan fingerprint density at radius 1 is 1.37 bits per heavy atom. The maximum absolute atomic E-state index is 12.3. The van der Waals surface area contributed by atoms with Gasteiger partial charge in [0.25, 0.3) is 11.5 Å². The van der Waals surface area contributed by atoms with Gasteiger partial charge in [-0.05, 0) is 24.8 Å². The Morgan fingerprint density at radius 2 is 2.05 bits per heavy atom. The van der Waals surface area contributed by atoms with Crippen LogP contribution in [-0.4, -0.2) is 28.5 Å². The van der Waals surface area contributed by atoms with Crippen LogP contribution < -0.4 is 5.56 Å². The first-order valence-corrected chi connectivity index (χ1v) is 7.07. The molecule has 0 unspecified atom stereocenters. The molecule has 2 heterocycles. The van der Waals surface area contributed by atoms with E-state index in [-0.39, 0.29) is 11.5 Å². The fourth-order valence-corrected chi connectivity index (χ4v) is 2.70. The molecule has 1 aliphatic heterocycles. The standard InChI is InChI=1S/C15H22N2O2/c1-3-4-12-5-9-17(10-6-12)15(19)13-7-8-16(2)14(18)11-13/h7-8,11-12H,3-6,9-10H2,1-2H3. The quantitative estimate of drug-likeness (QED) is 0.836. The third-order valence-electron chi connectivity index (χ3n) is 3.95. The number of aromatic nitrogens is 1. The van der Waals surface area contributed by atoms with Crippen molar-refractivity contribution in [3.8, 4) is 0 Å². The van der Waals surface area contributed by atoms with Gasteiger partial charge in [-0.25, -0.2) is 0 Å². The molecule has 0 N–H and O–H groups in total. The van der Waals surface area contributed by atoms with E-state index < -0.39 is 0 Å². The summed E-state index contributed by atoms with van der Waals surface area (Å²) in [4.78, 5) is 25.7. The average Bonchev–Trinajstić information content (AvgIpc) is 2.42. The highest BCUT2D eigenvalue weighted by Crippen LogP contribution is 2.22. The van der Waals surface area contributed by atoms with Crippen LogP contribution in [0.5, 0.6) is 0 Å². The van der Waals surface area contributed by atoms with E-state index in [4.69, 9.17) is 0 Å². The number of carbonyl (C=O) groups excluding carboxylic acids is 1. The Kier molecular flexibility index (Phi) is 4.40. The highest BCUT2D eigenvalue weighted by molar-refractivity contribution is 5.94. The van der Waals surface area contributed by atoms with Crippen LogP contribution in [0.25, 0.3) is 0 Å². The van der Waals surface area contributed by atoms with Crippen LogP contribution in [-0.2, 0) is 7.05 Å². The van der Waals surface area contributed by atoms with Crippen LogP contribution in [0.2, 0.25) is 0 Å². The van der Waals surface area contributed by atoms with Crippen molar-refractivity contribution in [3.63, 3.8) is 0 Å². The third kappa shape index (κ3) is 3.25. The molecular weight excluding hydrogens is 240 g/mol. The molecule has 1 fully saturated rings. The smallest absolute Gasteiger partial charge is 0.254 e. The first-order valence-electron chi connectivity index (χ1n) is 7.07. The number of pyridine rings is 1. The highest BCUT2D eigenvalue weighted by atomic mass is 16.2. The van der Waals surface area contributed by atoms with E-state index in [1.165, 1.54) is 23.5 Å². The van der Waals surface area contributed by atoms with Gasteiger partial charge in [0, 0.05) is 38.0 Å². The summed E-state index contributed by atoms with van der Waals surface area (Å²) in [5, 5.41) is 0. The molecule has 1 amide bonds. The number of amides is 1. The molecule has 0 radical (unpaired) electrons. The second-order valence-electron chi connectivity index (χ2n) is 5.39. The van der Waals surface area contributed by atoms with Crippen LogP contribution in [0.4, 0.5) is 0 Å². The Morgan fingerprint density at radius 3 is 2.63 bits per heavy atom. The van der Waals surface area contributed by atoms with Crippen molar-refractivity contribution in [3.05, 3.63) is 34.2 Å². The van der Waals surface area contributed by atoms with Crippen LogP contribution >= 0.6 is 0 Å². The Hall–Kier alpha value is -1.58. The molecule has 1 aromatic rings. The van der Waals surface area contributed by atoms with Gasteiger partial charge in [-0.15, -0.1) is 0 Å². The first-order chi connectivity index (χ1) is 9.11. The van der Waals surface area contributed by atoms with Gasteiger partial charge in [-0.1, -0.05) is 19.8 Å². The van der Waals surface area contributed by atoms with Gasteiger partial charge in [0.15, 0.2) is 0 Å². The van der Waals surface area contributed by atoms with Gasteiger partial charge in [-0.3, -0.25) is 9.59 Å². The van der Waals surface area contributed by atoms with Crippen molar-refractivity contribution in [2.75, 3.05) is 13.1 Å². The summed E-state index contributed by atoms with van der Waals surface area (Å²) in [6.45, 7) is 3.84. The van der Waals surface area contributed by atoms with E-state index in [1.807, 2.05) is 4.90 Å². The van der Waals surface area contributed by atoms with E-state index in [2.05, 4.69) is 6.92 Å². The predicted molar refractivity (Wildman–Crippen MR) is 75.2 cm³/mol. The zero-order chi connectivity index (χ0) is 13.8. The maximum Gasteiger partial charge on any atom is 0.254 e. The molecule has 4 heteroatoms. The van der Waals surface area contributed by atoms with Crippen molar-refractivity contribution < 1.29 is 4.79 Å². The number of carbonyl (C=O) groups is 1. The fourth-order valence-electron chi connectivity index (χ4n) is 2.70. The van der Waals surface area contributed by atoms with E-state index in [0.29, 0.717) is 5.56 Å². The Labute approximate surface area is 114 Å². The molecule has 4 nitrogen and oxygen atoms in total. The lowest BCUT2D eigenvalue weighted by molar-refractivity contribution is 0.0686. The molecule has 0 aliphatic carbocycles. The molecule has 0 aromatic carbocycles. The third-order valence-corrected chi connectivity index (χ3v) is 3.95. The number of hydrogen-bond acceptors (Lipinski definition) is 2. The molecular formula is C15H22N2O2. The zero-order valence-corrected chi connectivity index (χ0v) is 11.8. The predicted octanol–water partition coefficient (Wildman–Crippen LogP) is 2.04. The lowest BCUT2D eigenvalue weighted by Crippen LogP contribution is -2.39. The lowest BCUT2D eigenvalue weighted by Gasteiger charge is -2.32. The summed E-state index contributed by atoms with van der Waals surface area (Å²) in [7, 11) is 1.69. The molecule has 1 aromatic heterocycles. The minimum Gasteiger partial charge on any atom is -0.339 e. The van der Waals surface area contributed by atoms with E-state index in [0.717, 1.165) is 31.8 Å². The van der Waals surface area contributed by atoms with Crippen molar-refractivity contribution >= 4 is 5.91 Å². The Bertz CT molecular complexity index is 499. The summed E-state index contributed by atoms with van der Waals surface area (Å²) in [5.74, 6) is 0.755. The van der Waals surface area contributed by atoms with Crippen molar-refractivity contribution in [1.29, 1.82) is 0 Å². The fraction of sp³-hybridized carbons (Fsp3) is 0.600. The maximum atomic E-state index is 12.3. The average molecular weight is 262 g/mol.